The zero-order valence-corrected chi connectivity index (χ0v) is 12.5. The first-order chi connectivity index (χ1) is 8.26. The lowest BCUT2D eigenvalue weighted by Crippen LogP contribution is -2.22. The normalized spacial score (nSPS) is 19.1. The van der Waals surface area contributed by atoms with Crippen LogP contribution in [0.2, 0.25) is 0 Å². The molecule has 17 heavy (non-hydrogen) atoms. The molecule has 1 aromatic heterocycles. The summed E-state index contributed by atoms with van der Waals surface area (Å²) >= 11 is 3.77. The molecule has 0 spiro atoms. The van der Waals surface area contributed by atoms with Gasteiger partial charge in [-0.25, -0.2) is 4.98 Å². The number of thioether (sulfide) groups is 1. The Hall–Kier alpha value is -0.260. The summed E-state index contributed by atoms with van der Waals surface area (Å²) in [6.07, 6.45) is 5.87. The van der Waals surface area contributed by atoms with Crippen molar-refractivity contribution in [2.75, 3.05) is 37.5 Å². The van der Waals surface area contributed by atoms with Crippen LogP contribution in [0.15, 0.2) is 0 Å². The van der Waals surface area contributed by atoms with E-state index in [1.807, 2.05) is 30.1 Å². The third kappa shape index (κ3) is 2.95. The van der Waals surface area contributed by atoms with Crippen molar-refractivity contribution in [1.29, 1.82) is 0 Å². The Kier molecular flexibility index (Phi) is 4.70. The fourth-order valence-corrected chi connectivity index (χ4v) is 3.78. The van der Waals surface area contributed by atoms with Gasteiger partial charge in [-0.15, -0.1) is 11.3 Å². The summed E-state index contributed by atoms with van der Waals surface area (Å²) in [6, 6.07) is 0.470. The highest BCUT2D eigenvalue weighted by atomic mass is 32.2. The molecule has 0 aliphatic heterocycles. The Morgan fingerprint density at radius 3 is 3.12 bits per heavy atom. The fourth-order valence-electron chi connectivity index (χ4n) is 2.17. The molecule has 0 fully saturated rings. The molecule has 1 aliphatic carbocycles. The molecule has 1 atom stereocenters. The molecule has 0 radical (unpaired) electrons. The molecule has 1 unspecified atom stereocenters. The molecule has 1 N–H and O–H groups in total. The number of rotatable bonds is 5. The summed E-state index contributed by atoms with van der Waals surface area (Å²) in [7, 11) is 4.19. The zero-order chi connectivity index (χ0) is 12.3. The zero-order valence-electron chi connectivity index (χ0n) is 10.8. The van der Waals surface area contributed by atoms with Crippen molar-refractivity contribution < 1.29 is 0 Å². The quantitative estimate of drug-likeness (QED) is 0.891. The summed E-state index contributed by atoms with van der Waals surface area (Å²) in [6.45, 7) is 1.08. The van der Waals surface area contributed by atoms with E-state index in [1.165, 1.54) is 35.0 Å². The predicted octanol–water partition coefficient (Wildman–Crippen LogP) is 2.54. The van der Waals surface area contributed by atoms with Crippen LogP contribution in [0, 0.1) is 0 Å². The molecular formula is C12H21N3S2. The maximum absolute atomic E-state index is 4.83. The molecule has 5 heteroatoms. The highest BCUT2D eigenvalue weighted by molar-refractivity contribution is 7.98. The number of thiazole rings is 1. The average molecular weight is 271 g/mol. The summed E-state index contributed by atoms with van der Waals surface area (Å²) in [5.41, 5.74) is 1.30. The second kappa shape index (κ2) is 6.07. The maximum atomic E-state index is 4.83. The Balaban J connectivity index is 2.12. The number of aryl methyl sites for hydroxylation is 1. The van der Waals surface area contributed by atoms with Crippen molar-refractivity contribution in [1.82, 2.24) is 10.3 Å². The van der Waals surface area contributed by atoms with Crippen LogP contribution >= 0.6 is 23.1 Å². The Bertz CT molecular complexity index is 365. The standard InChI is InChI=1S/C12H21N3S2/c1-13-9-5-4-6-10-11(9)14-12(17-10)15(2)7-8-16-3/h9,13H,4-8H2,1-3H3. The molecule has 1 heterocycles. The Labute approximate surface area is 112 Å². The van der Waals surface area contributed by atoms with Crippen LogP contribution in [0.3, 0.4) is 0 Å². The summed E-state index contributed by atoms with van der Waals surface area (Å²) in [5.74, 6) is 1.16. The van der Waals surface area contributed by atoms with Gasteiger partial charge in [-0.05, 0) is 32.6 Å². The van der Waals surface area contributed by atoms with Crippen LogP contribution in [0.1, 0.15) is 29.5 Å². The molecule has 0 amide bonds. The first kappa shape index (κ1) is 13.2. The van der Waals surface area contributed by atoms with E-state index in [1.54, 1.807) is 0 Å². The molecule has 0 saturated carbocycles. The molecule has 0 aromatic carbocycles. The van der Waals surface area contributed by atoms with E-state index in [0.29, 0.717) is 6.04 Å². The number of hydrogen-bond donors (Lipinski definition) is 1. The van der Waals surface area contributed by atoms with Gasteiger partial charge in [0.1, 0.15) is 0 Å². The third-order valence-electron chi connectivity index (χ3n) is 3.25. The highest BCUT2D eigenvalue weighted by Crippen LogP contribution is 2.36. The summed E-state index contributed by atoms with van der Waals surface area (Å²) < 4.78 is 0. The van der Waals surface area contributed by atoms with E-state index in [4.69, 9.17) is 4.98 Å². The Morgan fingerprint density at radius 2 is 2.41 bits per heavy atom. The molecule has 96 valence electrons. The van der Waals surface area contributed by atoms with E-state index in [2.05, 4.69) is 23.5 Å². The van der Waals surface area contributed by atoms with Crippen molar-refractivity contribution >= 4 is 28.2 Å². The minimum Gasteiger partial charge on any atom is -0.350 e. The van der Waals surface area contributed by atoms with Gasteiger partial charge in [0.25, 0.3) is 0 Å². The minimum atomic E-state index is 0.470. The number of fused-ring (bicyclic) bond motifs is 1. The highest BCUT2D eigenvalue weighted by Gasteiger charge is 2.24. The van der Waals surface area contributed by atoms with Gasteiger partial charge in [0.05, 0.1) is 11.7 Å². The van der Waals surface area contributed by atoms with E-state index in [9.17, 15) is 0 Å². The summed E-state index contributed by atoms with van der Waals surface area (Å²) in [5, 5.41) is 4.56. The second-order valence-electron chi connectivity index (χ2n) is 4.45. The van der Waals surface area contributed by atoms with Gasteiger partial charge >= 0.3 is 0 Å². The molecule has 2 rings (SSSR count). The largest absolute Gasteiger partial charge is 0.350 e. The van der Waals surface area contributed by atoms with Crippen LogP contribution in [0.25, 0.3) is 0 Å². The van der Waals surface area contributed by atoms with Gasteiger partial charge in [-0.1, -0.05) is 0 Å². The first-order valence-electron chi connectivity index (χ1n) is 6.13. The molecule has 3 nitrogen and oxygen atoms in total. The second-order valence-corrected chi connectivity index (χ2v) is 6.50. The van der Waals surface area contributed by atoms with E-state index in [0.717, 1.165) is 12.3 Å². The topological polar surface area (TPSA) is 28.2 Å². The van der Waals surface area contributed by atoms with Gasteiger partial charge in [0.2, 0.25) is 0 Å². The van der Waals surface area contributed by atoms with Crippen LogP contribution in [0.5, 0.6) is 0 Å². The Morgan fingerprint density at radius 1 is 1.59 bits per heavy atom. The predicted molar refractivity (Wildman–Crippen MR) is 78.5 cm³/mol. The van der Waals surface area contributed by atoms with Crippen molar-refractivity contribution in [3.05, 3.63) is 10.6 Å². The van der Waals surface area contributed by atoms with Crippen LogP contribution in [0.4, 0.5) is 5.13 Å². The number of nitrogens with zero attached hydrogens (tertiary/aromatic N) is 2. The van der Waals surface area contributed by atoms with Gasteiger partial charge in [-0.3, -0.25) is 0 Å². The van der Waals surface area contributed by atoms with Crippen molar-refractivity contribution in [2.45, 2.75) is 25.3 Å². The van der Waals surface area contributed by atoms with Crippen molar-refractivity contribution in [3.63, 3.8) is 0 Å². The number of hydrogen-bond acceptors (Lipinski definition) is 5. The molecule has 1 aromatic rings. The number of anilines is 1. The third-order valence-corrected chi connectivity index (χ3v) is 5.08. The molecule has 0 bridgehead atoms. The minimum absolute atomic E-state index is 0.470. The van der Waals surface area contributed by atoms with Gasteiger partial charge in [0, 0.05) is 24.2 Å². The van der Waals surface area contributed by atoms with E-state index >= 15 is 0 Å². The van der Waals surface area contributed by atoms with E-state index in [-0.39, 0.29) is 0 Å². The smallest absolute Gasteiger partial charge is 0.185 e. The SMILES string of the molecule is CNC1CCCc2sc(N(C)CCSC)nc21. The van der Waals surface area contributed by atoms with Gasteiger partial charge in [0.15, 0.2) is 5.13 Å². The number of nitrogens with one attached hydrogen (secondary N) is 1. The van der Waals surface area contributed by atoms with Gasteiger partial charge in [-0.2, -0.15) is 11.8 Å². The number of aromatic nitrogens is 1. The lowest BCUT2D eigenvalue weighted by molar-refractivity contribution is 0.490. The summed E-state index contributed by atoms with van der Waals surface area (Å²) in [4.78, 5) is 8.60. The molecular weight excluding hydrogens is 250 g/mol. The maximum Gasteiger partial charge on any atom is 0.185 e. The lowest BCUT2D eigenvalue weighted by atomic mass is 9.98. The average Bonchev–Trinajstić information content (AvgIpc) is 2.79. The monoisotopic (exact) mass is 271 g/mol. The van der Waals surface area contributed by atoms with Gasteiger partial charge < -0.3 is 10.2 Å². The van der Waals surface area contributed by atoms with Crippen molar-refractivity contribution in [3.8, 4) is 0 Å². The molecule has 0 saturated heterocycles. The van der Waals surface area contributed by atoms with Crippen LogP contribution in [-0.2, 0) is 6.42 Å². The first-order valence-corrected chi connectivity index (χ1v) is 8.34. The van der Waals surface area contributed by atoms with Crippen LogP contribution < -0.4 is 10.2 Å². The van der Waals surface area contributed by atoms with Crippen molar-refractivity contribution in [2.24, 2.45) is 0 Å². The van der Waals surface area contributed by atoms with E-state index < -0.39 is 0 Å². The lowest BCUT2D eigenvalue weighted by Gasteiger charge is -2.19. The fraction of sp³-hybridized carbons (Fsp3) is 0.750. The molecule has 1 aliphatic rings. The van der Waals surface area contributed by atoms with Crippen LogP contribution in [-0.4, -0.2) is 37.6 Å².